The fourth-order valence-corrected chi connectivity index (χ4v) is 3.75. The lowest BCUT2D eigenvalue weighted by atomic mass is 10.1. The van der Waals surface area contributed by atoms with Crippen LogP contribution >= 0.6 is 0 Å². The quantitative estimate of drug-likeness (QED) is 0.694. The van der Waals surface area contributed by atoms with E-state index in [1.54, 1.807) is 23.4 Å². The molecular formula is C20H23N5O2. The van der Waals surface area contributed by atoms with Gasteiger partial charge in [0.1, 0.15) is 0 Å². The van der Waals surface area contributed by atoms with Gasteiger partial charge in [-0.05, 0) is 42.5 Å². The van der Waals surface area contributed by atoms with E-state index in [-0.39, 0.29) is 11.9 Å². The van der Waals surface area contributed by atoms with E-state index in [0.29, 0.717) is 18.8 Å². The van der Waals surface area contributed by atoms with Gasteiger partial charge in [-0.1, -0.05) is 12.1 Å². The number of nitrogens with one attached hydrogen (secondary N) is 1. The van der Waals surface area contributed by atoms with Gasteiger partial charge < -0.3 is 15.0 Å². The van der Waals surface area contributed by atoms with Gasteiger partial charge in [-0.25, -0.2) is 9.67 Å². The summed E-state index contributed by atoms with van der Waals surface area (Å²) in [5.41, 5.74) is 1.89. The molecule has 0 saturated heterocycles. The Bertz CT molecular complexity index is 858. The molecule has 0 aliphatic heterocycles. The standard InChI is InChI=1S/C20H23N5O2/c26-19-11-16(13-24-9-7-21-14-24)10-18(19)23-20(27)12-15-2-4-17(5-3-15)25-8-1-6-22-25/h1-9,14,16,18-19,26H,10-13H2,(H,23,27)/t16?,18-,19-/m1/s1. The van der Waals surface area contributed by atoms with Gasteiger partial charge in [-0.2, -0.15) is 5.10 Å². The van der Waals surface area contributed by atoms with Crippen molar-refractivity contribution in [2.75, 3.05) is 0 Å². The van der Waals surface area contributed by atoms with E-state index in [4.69, 9.17) is 0 Å². The van der Waals surface area contributed by atoms with Gasteiger partial charge in [0.2, 0.25) is 5.91 Å². The minimum atomic E-state index is -0.496. The van der Waals surface area contributed by atoms with Crippen molar-refractivity contribution in [1.29, 1.82) is 0 Å². The zero-order chi connectivity index (χ0) is 18.6. The van der Waals surface area contributed by atoms with E-state index in [9.17, 15) is 9.90 Å². The van der Waals surface area contributed by atoms with E-state index < -0.39 is 6.10 Å². The van der Waals surface area contributed by atoms with E-state index in [1.807, 2.05) is 47.3 Å². The molecule has 1 amide bonds. The van der Waals surface area contributed by atoms with Crippen LogP contribution in [0.4, 0.5) is 0 Å². The van der Waals surface area contributed by atoms with Crippen LogP contribution in [0.5, 0.6) is 0 Å². The lowest BCUT2D eigenvalue weighted by molar-refractivity contribution is -0.121. The molecular weight excluding hydrogens is 342 g/mol. The summed E-state index contributed by atoms with van der Waals surface area (Å²) < 4.78 is 3.79. The molecule has 0 bridgehead atoms. The van der Waals surface area contributed by atoms with Crippen molar-refractivity contribution in [3.05, 3.63) is 67.0 Å². The summed E-state index contributed by atoms with van der Waals surface area (Å²) >= 11 is 0. The highest BCUT2D eigenvalue weighted by molar-refractivity contribution is 5.79. The molecule has 3 atom stereocenters. The number of carbonyl (C=O) groups is 1. The third-order valence-electron chi connectivity index (χ3n) is 5.07. The number of carbonyl (C=O) groups excluding carboxylic acids is 1. The van der Waals surface area contributed by atoms with Crippen molar-refractivity contribution < 1.29 is 9.90 Å². The first-order valence-electron chi connectivity index (χ1n) is 9.19. The van der Waals surface area contributed by atoms with Gasteiger partial charge in [0, 0.05) is 31.3 Å². The van der Waals surface area contributed by atoms with E-state index >= 15 is 0 Å². The predicted molar refractivity (Wildman–Crippen MR) is 100 cm³/mol. The molecule has 7 heteroatoms. The molecule has 2 N–H and O–H groups in total. The van der Waals surface area contributed by atoms with Crippen molar-refractivity contribution >= 4 is 5.91 Å². The molecule has 1 unspecified atom stereocenters. The molecule has 2 heterocycles. The van der Waals surface area contributed by atoms with E-state index in [0.717, 1.165) is 24.2 Å². The highest BCUT2D eigenvalue weighted by atomic mass is 16.3. The number of benzene rings is 1. The van der Waals surface area contributed by atoms with Crippen LogP contribution in [0.3, 0.4) is 0 Å². The van der Waals surface area contributed by atoms with Gasteiger partial charge in [-0.3, -0.25) is 4.79 Å². The van der Waals surface area contributed by atoms with Crippen LogP contribution in [0, 0.1) is 5.92 Å². The summed E-state index contributed by atoms with van der Waals surface area (Å²) in [6, 6.07) is 9.44. The number of rotatable bonds is 6. The molecule has 0 spiro atoms. The van der Waals surface area contributed by atoms with Crippen molar-refractivity contribution in [3.8, 4) is 5.69 Å². The summed E-state index contributed by atoms with van der Waals surface area (Å²) in [6.45, 7) is 0.818. The Morgan fingerprint density at radius 2 is 2.04 bits per heavy atom. The molecule has 0 radical (unpaired) electrons. The first-order chi connectivity index (χ1) is 13.2. The summed E-state index contributed by atoms with van der Waals surface area (Å²) in [4.78, 5) is 16.4. The first-order valence-corrected chi connectivity index (χ1v) is 9.19. The Hall–Kier alpha value is -2.93. The zero-order valence-corrected chi connectivity index (χ0v) is 15.0. The molecule has 2 aromatic heterocycles. The lowest BCUT2D eigenvalue weighted by Crippen LogP contribution is -2.40. The maximum atomic E-state index is 12.4. The van der Waals surface area contributed by atoms with Crippen molar-refractivity contribution in [3.63, 3.8) is 0 Å². The second-order valence-electron chi connectivity index (χ2n) is 7.13. The van der Waals surface area contributed by atoms with Crippen molar-refractivity contribution in [1.82, 2.24) is 24.6 Å². The highest BCUT2D eigenvalue weighted by Gasteiger charge is 2.33. The summed E-state index contributed by atoms with van der Waals surface area (Å²) in [7, 11) is 0. The van der Waals surface area contributed by atoms with Gasteiger partial charge in [0.15, 0.2) is 0 Å². The minimum Gasteiger partial charge on any atom is -0.391 e. The molecule has 1 saturated carbocycles. The van der Waals surface area contributed by atoms with E-state index in [1.165, 1.54) is 0 Å². The Kier molecular flexibility index (Phi) is 5.02. The molecule has 4 rings (SSSR count). The monoisotopic (exact) mass is 365 g/mol. The minimum absolute atomic E-state index is 0.0610. The third kappa shape index (κ3) is 4.25. The van der Waals surface area contributed by atoms with Crippen LogP contribution in [0.2, 0.25) is 0 Å². The van der Waals surface area contributed by atoms with Crippen LogP contribution in [-0.4, -0.2) is 42.5 Å². The average molecular weight is 365 g/mol. The van der Waals surface area contributed by atoms with Crippen molar-refractivity contribution in [2.24, 2.45) is 5.92 Å². The molecule has 27 heavy (non-hydrogen) atoms. The second kappa shape index (κ2) is 7.75. The van der Waals surface area contributed by atoms with Gasteiger partial charge >= 0.3 is 0 Å². The number of hydrogen-bond donors (Lipinski definition) is 2. The van der Waals surface area contributed by atoms with E-state index in [2.05, 4.69) is 15.4 Å². The molecule has 3 aromatic rings. The number of aliphatic hydroxyl groups excluding tert-OH is 1. The normalized spacial score (nSPS) is 22.0. The molecule has 140 valence electrons. The second-order valence-corrected chi connectivity index (χ2v) is 7.13. The van der Waals surface area contributed by atoms with Crippen molar-refractivity contribution in [2.45, 2.75) is 38.0 Å². The highest BCUT2D eigenvalue weighted by Crippen LogP contribution is 2.27. The SMILES string of the molecule is O=C(Cc1ccc(-n2cccn2)cc1)N[C@@H]1CC(Cn2ccnc2)C[C@H]1O. The van der Waals surface area contributed by atoms with Crippen LogP contribution in [-0.2, 0) is 17.8 Å². The lowest BCUT2D eigenvalue weighted by Gasteiger charge is -2.16. The zero-order valence-electron chi connectivity index (χ0n) is 15.0. The molecule has 7 nitrogen and oxygen atoms in total. The van der Waals surface area contributed by atoms with Crippen LogP contribution in [0.1, 0.15) is 18.4 Å². The largest absolute Gasteiger partial charge is 0.391 e. The third-order valence-corrected chi connectivity index (χ3v) is 5.07. The smallest absolute Gasteiger partial charge is 0.224 e. The Morgan fingerprint density at radius 3 is 2.74 bits per heavy atom. The summed E-state index contributed by atoms with van der Waals surface area (Å²) in [6.07, 6.45) is 10.3. The van der Waals surface area contributed by atoms with Gasteiger partial charge in [0.25, 0.3) is 0 Å². The fourth-order valence-electron chi connectivity index (χ4n) is 3.75. The number of imidazole rings is 1. The Balaban J connectivity index is 1.30. The first kappa shape index (κ1) is 17.5. The predicted octanol–water partition coefficient (Wildman–Crippen LogP) is 1.57. The Morgan fingerprint density at radius 1 is 1.19 bits per heavy atom. The van der Waals surface area contributed by atoms with Crippen LogP contribution in [0.15, 0.2) is 61.4 Å². The van der Waals surface area contributed by atoms with Gasteiger partial charge in [-0.15, -0.1) is 0 Å². The number of hydrogen-bond acceptors (Lipinski definition) is 4. The Labute approximate surface area is 157 Å². The van der Waals surface area contributed by atoms with Crippen LogP contribution < -0.4 is 5.32 Å². The number of amides is 1. The maximum Gasteiger partial charge on any atom is 0.224 e. The summed E-state index contributed by atoms with van der Waals surface area (Å²) in [5, 5.41) is 17.5. The average Bonchev–Trinajstić information content (AvgIpc) is 3.40. The topological polar surface area (TPSA) is 85.0 Å². The maximum absolute atomic E-state index is 12.4. The molecule has 1 aliphatic rings. The summed E-state index contributed by atoms with van der Waals surface area (Å²) in [5.74, 6) is 0.280. The van der Waals surface area contributed by atoms with Gasteiger partial charge in [0.05, 0.1) is 30.6 Å². The number of aliphatic hydroxyl groups is 1. The fraction of sp³-hybridized carbons (Fsp3) is 0.350. The molecule has 1 aromatic carbocycles. The number of nitrogens with zero attached hydrogens (tertiary/aromatic N) is 4. The molecule has 1 aliphatic carbocycles. The number of aromatic nitrogens is 4. The van der Waals surface area contributed by atoms with Crippen LogP contribution in [0.25, 0.3) is 5.69 Å². The molecule has 1 fully saturated rings.